The van der Waals surface area contributed by atoms with Crippen LogP contribution in [0.2, 0.25) is 0 Å². The fourth-order valence-corrected chi connectivity index (χ4v) is 2.27. The first-order chi connectivity index (χ1) is 13.0. The van der Waals surface area contributed by atoms with Gasteiger partial charge < -0.3 is 5.41 Å². The van der Waals surface area contributed by atoms with Crippen molar-refractivity contribution in [2.75, 3.05) is 0 Å². The Morgan fingerprint density at radius 3 is 1.89 bits per heavy atom. The molecule has 0 saturated carbocycles. The van der Waals surface area contributed by atoms with Gasteiger partial charge in [0.05, 0.1) is 11.4 Å². The summed E-state index contributed by atoms with van der Waals surface area (Å²) in [5.74, 6) is 1.35. The van der Waals surface area contributed by atoms with E-state index in [1.54, 1.807) is 37.1 Å². The Kier molecular flexibility index (Phi) is 5.56. The Balaban J connectivity index is 1.96. The topological polar surface area (TPSA) is 87.8 Å². The van der Waals surface area contributed by atoms with Gasteiger partial charge in [0, 0.05) is 42.1 Å². The first-order valence-electron chi connectivity index (χ1n) is 8.50. The van der Waals surface area contributed by atoms with Gasteiger partial charge in [0.2, 0.25) is 0 Å². The van der Waals surface area contributed by atoms with Crippen molar-refractivity contribution in [1.82, 2.24) is 19.9 Å². The molecule has 134 valence electrons. The molecular formula is C21H20N6. The first kappa shape index (κ1) is 18.3. The van der Waals surface area contributed by atoms with Crippen LogP contribution < -0.4 is 0 Å². The van der Waals surface area contributed by atoms with Gasteiger partial charge in [-0.1, -0.05) is 29.8 Å². The number of aromatic nitrogens is 4. The maximum Gasteiger partial charge on any atom is 0.125 e. The van der Waals surface area contributed by atoms with Crippen LogP contribution in [-0.4, -0.2) is 31.9 Å². The molecule has 1 N–H and O–H groups in total. The van der Waals surface area contributed by atoms with Crippen LogP contribution in [0.5, 0.6) is 0 Å². The van der Waals surface area contributed by atoms with Crippen LogP contribution in [0.1, 0.15) is 33.9 Å². The molecular weight excluding hydrogens is 336 g/mol. The largest absolute Gasteiger partial charge is 0.300 e. The van der Waals surface area contributed by atoms with E-state index in [0.717, 1.165) is 11.1 Å². The molecule has 6 heteroatoms. The lowest BCUT2D eigenvalue weighted by Gasteiger charge is -2.04. The molecule has 2 heterocycles. The summed E-state index contributed by atoms with van der Waals surface area (Å²) in [7, 11) is 0. The molecule has 27 heavy (non-hydrogen) atoms. The van der Waals surface area contributed by atoms with Crippen LogP contribution in [0.3, 0.4) is 0 Å². The number of hydrogen-bond acceptors (Lipinski definition) is 6. The first-order valence-corrected chi connectivity index (χ1v) is 8.50. The molecule has 0 amide bonds. The number of benzene rings is 1. The van der Waals surface area contributed by atoms with Crippen LogP contribution in [0, 0.1) is 26.2 Å². The molecule has 0 atom stereocenters. The van der Waals surface area contributed by atoms with Gasteiger partial charge in [-0.2, -0.15) is 0 Å². The molecule has 3 rings (SSSR count). The standard InChI is InChI=1S/C21H20N6/c1-14-4-6-17(7-5-14)9-27-21(19-12-25-16(3)26-13-19)8-20(22)18-10-23-15(2)24-11-18/h4-13,22H,1-3H3/b21-8-,22-20?,27-9+. The van der Waals surface area contributed by atoms with Gasteiger partial charge in [0.1, 0.15) is 11.6 Å². The van der Waals surface area contributed by atoms with Gasteiger partial charge in [0.25, 0.3) is 0 Å². The second-order valence-corrected chi connectivity index (χ2v) is 6.15. The van der Waals surface area contributed by atoms with Gasteiger partial charge in [-0.05, 0) is 32.4 Å². The lowest BCUT2D eigenvalue weighted by Crippen LogP contribution is -2.00. The molecule has 3 aromatic rings. The highest BCUT2D eigenvalue weighted by Crippen LogP contribution is 2.16. The monoisotopic (exact) mass is 356 g/mol. The maximum atomic E-state index is 8.36. The summed E-state index contributed by atoms with van der Waals surface area (Å²) in [6, 6.07) is 8.07. The average molecular weight is 356 g/mol. The molecule has 0 bridgehead atoms. The summed E-state index contributed by atoms with van der Waals surface area (Å²) in [6.07, 6.45) is 10.1. The van der Waals surface area contributed by atoms with Crippen LogP contribution in [-0.2, 0) is 0 Å². The summed E-state index contributed by atoms with van der Waals surface area (Å²) in [5.41, 5.74) is 4.40. The third-order valence-electron chi connectivity index (χ3n) is 3.88. The molecule has 0 aliphatic heterocycles. The fourth-order valence-electron chi connectivity index (χ4n) is 2.27. The number of nitrogens with one attached hydrogen (secondary N) is 1. The van der Waals surface area contributed by atoms with Crippen molar-refractivity contribution in [3.8, 4) is 0 Å². The van der Waals surface area contributed by atoms with Gasteiger partial charge in [-0.15, -0.1) is 0 Å². The highest BCUT2D eigenvalue weighted by atomic mass is 14.9. The number of aliphatic imine (C=N–C) groups is 1. The lowest BCUT2D eigenvalue weighted by atomic mass is 10.1. The van der Waals surface area contributed by atoms with E-state index in [-0.39, 0.29) is 5.71 Å². The second-order valence-electron chi connectivity index (χ2n) is 6.15. The van der Waals surface area contributed by atoms with Crippen LogP contribution in [0.4, 0.5) is 0 Å². The van der Waals surface area contributed by atoms with Crippen molar-refractivity contribution in [2.45, 2.75) is 20.8 Å². The SMILES string of the molecule is Cc1ccc(/C=N/C(=C\C(=N)c2cnc(C)nc2)c2cnc(C)nc2)cc1. The molecule has 0 saturated heterocycles. The summed E-state index contributed by atoms with van der Waals surface area (Å²) in [6.45, 7) is 5.68. The van der Waals surface area contributed by atoms with Gasteiger partial charge in [-0.3, -0.25) is 4.99 Å². The minimum Gasteiger partial charge on any atom is -0.300 e. The molecule has 0 radical (unpaired) electrons. The Hall–Kier alpha value is -3.54. The quantitative estimate of drug-likeness (QED) is 0.706. The van der Waals surface area contributed by atoms with Crippen molar-refractivity contribution >= 4 is 17.6 Å². The Morgan fingerprint density at radius 2 is 1.33 bits per heavy atom. The number of nitrogens with zero attached hydrogens (tertiary/aromatic N) is 5. The summed E-state index contributed by atoms with van der Waals surface area (Å²) >= 11 is 0. The maximum absolute atomic E-state index is 8.36. The highest BCUT2D eigenvalue weighted by molar-refractivity contribution is 6.10. The highest BCUT2D eigenvalue weighted by Gasteiger charge is 2.06. The number of allylic oxidation sites excluding steroid dienone is 1. The third kappa shape index (κ3) is 4.98. The van der Waals surface area contributed by atoms with Gasteiger partial charge in [0.15, 0.2) is 0 Å². The zero-order valence-corrected chi connectivity index (χ0v) is 15.5. The van der Waals surface area contributed by atoms with E-state index in [0.29, 0.717) is 22.9 Å². The van der Waals surface area contributed by atoms with Crippen LogP contribution in [0.25, 0.3) is 5.70 Å². The van der Waals surface area contributed by atoms with Crippen molar-refractivity contribution < 1.29 is 0 Å². The fraction of sp³-hybridized carbons (Fsp3) is 0.143. The summed E-state index contributed by atoms with van der Waals surface area (Å²) in [5, 5.41) is 8.36. The molecule has 2 aromatic heterocycles. The minimum atomic E-state index is 0.270. The van der Waals surface area contributed by atoms with Crippen LogP contribution >= 0.6 is 0 Å². The molecule has 0 spiro atoms. The van der Waals surface area contributed by atoms with E-state index in [2.05, 4.69) is 24.9 Å². The van der Waals surface area contributed by atoms with Crippen molar-refractivity contribution in [3.63, 3.8) is 0 Å². The Labute approximate surface area is 158 Å². The predicted octanol–water partition coefficient (Wildman–Crippen LogP) is 3.72. The number of hydrogen-bond donors (Lipinski definition) is 1. The number of rotatable bonds is 5. The summed E-state index contributed by atoms with van der Waals surface area (Å²) < 4.78 is 0. The van der Waals surface area contributed by atoms with E-state index in [1.165, 1.54) is 5.56 Å². The van der Waals surface area contributed by atoms with Crippen molar-refractivity contribution in [3.05, 3.63) is 89.0 Å². The van der Waals surface area contributed by atoms with E-state index in [4.69, 9.17) is 5.41 Å². The van der Waals surface area contributed by atoms with E-state index >= 15 is 0 Å². The lowest BCUT2D eigenvalue weighted by molar-refractivity contribution is 1.04. The van der Waals surface area contributed by atoms with Gasteiger partial charge in [-0.25, -0.2) is 19.9 Å². The molecule has 6 nitrogen and oxygen atoms in total. The molecule has 0 aliphatic rings. The Bertz CT molecular complexity index is 984. The number of aryl methyl sites for hydroxylation is 3. The third-order valence-corrected chi connectivity index (χ3v) is 3.88. The molecule has 0 fully saturated rings. The van der Waals surface area contributed by atoms with E-state index in [1.807, 2.05) is 45.0 Å². The average Bonchev–Trinajstić information content (AvgIpc) is 2.67. The smallest absolute Gasteiger partial charge is 0.125 e. The molecule has 0 unspecified atom stereocenters. The second kappa shape index (κ2) is 8.23. The van der Waals surface area contributed by atoms with Gasteiger partial charge >= 0.3 is 0 Å². The van der Waals surface area contributed by atoms with E-state index in [9.17, 15) is 0 Å². The van der Waals surface area contributed by atoms with Crippen LogP contribution in [0.15, 0.2) is 60.1 Å². The molecule has 0 aliphatic carbocycles. The van der Waals surface area contributed by atoms with Crippen molar-refractivity contribution in [1.29, 1.82) is 5.41 Å². The summed E-state index contributed by atoms with van der Waals surface area (Å²) in [4.78, 5) is 21.4. The zero-order chi connectivity index (χ0) is 19.2. The Morgan fingerprint density at radius 1 is 0.815 bits per heavy atom. The normalized spacial score (nSPS) is 11.7. The van der Waals surface area contributed by atoms with E-state index < -0.39 is 0 Å². The minimum absolute atomic E-state index is 0.270. The molecule has 1 aromatic carbocycles. The van der Waals surface area contributed by atoms with Crippen molar-refractivity contribution in [2.24, 2.45) is 4.99 Å². The zero-order valence-electron chi connectivity index (χ0n) is 15.5. The predicted molar refractivity (Wildman–Crippen MR) is 107 cm³/mol.